The summed E-state index contributed by atoms with van der Waals surface area (Å²) in [5, 5.41) is 0. The molecule has 1 aromatic rings. The molecule has 1 saturated carbocycles. The van der Waals surface area contributed by atoms with Gasteiger partial charge in [0.15, 0.2) is 9.84 Å². The lowest BCUT2D eigenvalue weighted by atomic mass is 10.2. The molecule has 0 heterocycles. The van der Waals surface area contributed by atoms with E-state index in [0.717, 1.165) is 18.4 Å². The Morgan fingerprint density at radius 1 is 1.29 bits per heavy atom. The van der Waals surface area contributed by atoms with E-state index in [0.29, 0.717) is 16.6 Å². The molecule has 2 rings (SSSR count). The fourth-order valence-electron chi connectivity index (χ4n) is 1.59. The first kappa shape index (κ1) is 9.71. The van der Waals surface area contributed by atoms with E-state index in [1.807, 2.05) is 19.1 Å². The van der Waals surface area contributed by atoms with Crippen LogP contribution in [0.4, 0.5) is 0 Å². The van der Waals surface area contributed by atoms with Gasteiger partial charge in [0.25, 0.3) is 0 Å². The van der Waals surface area contributed by atoms with Crippen LogP contribution < -0.4 is 0 Å². The molecule has 0 unspecified atom stereocenters. The quantitative estimate of drug-likeness (QED) is 0.766. The maximum absolute atomic E-state index is 11.9. The molecule has 14 heavy (non-hydrogen) atoms. The summed E-state index contributed by atoms with van der Waals surface area (Å²) in [6.45, 7) is 1.85. The van der Waals surface area contributed by atoms with Crippen molar-refractivity contribution in [3.05, 3.63) is 29.8 Å². The summed E-state index contributed by atoms with van der Waals surface area (Å²) in [6, 6.07) is 7.20. The van der Waals surface area contributed by atoms with Crippen LogP contribution in [0.15, 0.2) is 29.2 Å². The summed E-state index contributed by atoms with van der Waals surface area (Å²) < 4.78 is 23.8. The highest BCUT2D eigenvalue weighted by Crippen LogP contribution is 2.32. The average Bonchev–Trinajstić information content (AvgIpc) is 2.88. The maximum atomic E-state index is 11.9. The first-order valence-corrected chi connectivity index (χ1v) is 6.53. The van der Waals surface area contributed by atoms with Gasteiger partial charge in [0, 0.05) is 0 Å². The highest BCUT2D eigenvalue weighted by molar-refractivity contribution is 7.91. The predicted octanol–water partition coefficient (Wildman–Crippen LogP) is 2.18. The SMILES string of the molecule is Cc1ccccc1S(=O)(=O)CC1CC1. The second kappa shape index (κ2) is 3.39. The highest BCUT2D eigenvalue weighted by atomic mass is 32.2. The fraction of sp³-hybridized carbons (Fsp3) is 0.455. The minimum absolute atomic E-state index is 0.331. The van der Waals surface area contributed by atoms with Crippen LogP contribution in [0.1, 0.15) is 18.4 Å². The molecule has 0 bridgehead atoms. The monoisotopic (exact) mass is 210 g/mol. The van der Waals surface area contributed by atoms with Crippen LogP contribution in [-0.4, -0.2) is 14.2 Å². The molecule has 0 aliphatic heterocycles. The van der Waals surface area contributed by atoms with Crippen molar-refractivity contribution in [2.24, 2.45) is 5.92 Å². The van der Waals surface area contributed by atoms with E-state index >= 15 is 0 Å². The van der Waals surface area contributed by atoms with Gasteiger partial charge in [-0.2, -0.15) is 0 Å². The largest absolute Gasteiger partial charge is 0.224 e. The van der Waals surface area contributed by atoms with E-state index in [1.54, 1.807) is 12.1 Å². The zero-order valence-corrected chi connectivity index (χ0v) is 9.05. The van der Waals surface area contributed by atoms with Gasteiger partial charge in [0.1, 0.15) is 0 Å². The van der Waals surface area contributed by atoms with Crippen LogP contribution in [-0.2, 0) is 9.84 Å². The van der Waals surface area contributed by atoms with Crippen molar-refractivity contribution in [1.29, 1.82) is 0 Å². The molecular formula is C11H14O2S. The summed E-state index contributed by atoms with van der Waals surface area (Å²) in [7, 11) is -3.03. The van der Waals surface area contributed by atoms with Crippen LogP contribution in [0.25, 0.3) is 0 Å². The number of hydrogen-bond donors (Lipinski definition) is 0. The van der Waals surface area contributed by atoms with Crippen molar-refractivity contribution < 1.29 is 8.42 Å². The number of hydrogen-bond acceptors (Lipinski definition) is 2. The van der Waals surface area contributed by atoms with Crippen molar-refractivity contribution in [2.45, 2.75) is 24.7 Å². The lowest BCUT2D eigenvalue weighted by Crippen LogP contribution is -2.09. The van der Waals surface area contributed by atoms with E-state index in [-0.39, 0.29) is 0 Å². The molecule has 1 aliphatic carbocycles. The first-order chi connectivity index (χ1) is 6.59. The molecule has 0 amide bonds. The van der Waals surface area contributed by atoms with Crippen molar-refractivity contribution >= 4 is 9.84 Å². The maximum Gasteiger partial charge on any atom is 0.178 e. The van der Waals surface area contributed by atoms with Crippen molar-refractivity contribution in [2.75, 3.05) is 5.75 Å². The van der Waals surface area contributed by atoms with Gasteiger partial charge in [-0.3, -0.25) is 0 Å². The average molecular weight is 210 g/mol. The van der Waals surface area contributed by atoms with Crippen LogP contribution in [0.2, 0.25) is 0 Å². The second-order valence-corrected chi connectivity index (χ2v) is 5.99. The summed E-state index contributed by atoms with van der Waals surface area (Å²) in [6.07, 6.45) is 2.15. The Hall–Kier alpha value is -0.830. The molecule has 1 aromatic carbocycles. The van der Waals surface area contributed by atoms with E-state index in [1.165, 1.54) is 0 Å². The number of rotatable bonds is 3. The zero-order valence-electron chi connectivity index (χ0n) is 8.23. The number of benzene rings is 1. The zero-order chi connectivity index (χ0) is 10.2. The summed E-state index contributed by atoms with van der Waals surface area (Å²) >= 11 is 0. The topological polar surface area (TPSA) is 34.1 Å². The fourth-order valence-corrected chi connectivity index (χ4v) is 3.57. The molecular weight excluding hydrogens is 196 g/mol. The molecule has 0 atom stereocenters. The van der Waals surface area contributed by atoms with Gasteiger partial charge in [-0.25, -0.2) is 8.42 Å². The van der Waals surface area contributed by atoms with Gasteiger partial charge < -0.3 is 0 Å². The van der Waals surface area contributed by atoms with Gasteiger partial charge in [-0.15, -0.1) is 0 Å². The second-order valence-electron chi connectivity index (χ2n) is 3.99. The van der Waals surface area contributed by atoms with Crippen molar-refractivity contribution in [1.82, 2.24) is 0 Å². The van der Waals surface area contributed by atoms with Crippen LogP contribution >= 0.6 is 0 Å². The van der Waals surface area contributed by atoms with Gasteiger partial charge in [-0.05, 0) is 37.3 Å². The van der Waals surface area contributed by atoms with Crippen LogP contribution in [0.3, 0.4) is 0 Å². The first-order valence-electron chi connectivity index (χ1n) is 4.88. The third-order valence-electron chi connectivity index (χ3n) is 2.58. The predicted molar refractivity (Wildman–Crippen MR) is 56.0 cm³/mol. The molecule has 0 saturated heterocycles. The third-order valence-corrected chi connectivity index (χ3v) is 4.62. The van der Waals surface area contributed by atoms with Gasteiger partial charge in [0.05, 0.1) is 10.6 Å². The Balaban J connectivity index is 2.33. The van der Waals surface area contributed by atoms with E-state index in [9.17, 15) is 8.42 Å². The van der Waals surface area contributed by atoms with E-state index in [4.69, 9.17) is 0 Å². The van der Waals surface area contributed by atoms with Crippen molar-refractivity contribution in [3.8, 4) is 0 Å². The smallest absolute Gasteiger partial charge is 0.178 e. The van der Waals surface area contributed by atoms with Gasteiger partial charge >= 0.3 is 0 Å². The third kappa shape index (κ3) is 1.98. The number of aryl methyl sites for hydroxylation is 1. The summed E-state index contributed by atoms with van der Waals surface area (Å²) in [4.78, 5) is 0.506. The Morgan fingerprint density at radius 2 is 1.93 bits per heavy atom. The van der Waals surface area contributed by atoms with E-state index < -0.39 is 9.84 Å². The lowest BCUT2D eigenvalue weighted by molar-refractivity contribution is 0.591. The number of sulfone groups is 1. The molecule has 2 nitrogen and oxygen atoms in total. The van der Waals surface area contributed by atoms with Gasteiger partial charge in [-0.1, -0.05) is 18.2 Å². The van der Waals surface area contributed by atoms with Crippen LogP contribution in [0.5, 0.6) is 0 Å². The molecule has 0 aromatic heterocycles. The molecule has 1 fully saturated rings. The van der Waals surface area contributed by atoms with Crippen LogP contribution in [0, 0.1) is 12.8 Å². The highest BCUT2D eigenvalue weighted by Gasteiger charge is 2.29. The minimum Gasteiger partial charge on any atom is -0.224 e. The Labute approximate surface area is 84.9 Å². The normalized spacial score (nSPS) is 16.9. The molecule has 0 N–H and O–H groups in total. The molecule has 76 valence electrons. The van der Waals surface area contributed by atoms with Crippen molar-refractivity contribution in [3.63, 3.8) is 0 Å². The van der Waals surface area contributed by atoms with Gasteiger partial charge in [0.2, 0.25) is 0 Å². The Morgan fingerprint density at radius 3 is 2.50 bits per heavy atom. The van der Waals surface area contributed by atoms with E-state index in [2.05, 4.69) is 0 Å². The molecule has 1 aliphatic rings. The molecule has 0 spiro atoms. The Bertz CT molecular complexity index is 430. The lowest BCUT2D eigenvalue weighted by Gasteiger charge is -2.05. The standard InChI is InChI=1S/C11H14O2S/c1-9-4-2-3-5-11(9)14(12,13)8-10-6-7-10/h2-5,10H,6-8H2,1H3. The minimum atomic E-state index is -3.03. The summed E-state index contributed by atoms with van der Waals surface area (Å²) in [5.74, 6) is 0.748. The summed E-state index contributed by atoms with van der Waals surface area (Å²) in [5.41, 5.74) is 0.855. The molecule has 3 heteroatoms. The molecule has 0 radical (unpaired) electrons. The Kier molecular flexibility index (Phi) is 2.35.